The highest BCUT2D eigenvalue weighted by molar-refractivity contribution is 9.10. The van der Waals surface area contributed by atoms with E-state index >= 15 is 0 Å². The summed E-state index contributed by atoms with van der Waals surface area (Å²) in [6.07, 6.45) is 1.47. The number of halogens is 2. The van der Waals surface area contributed by atoms with Crippen molar-refractivity contribution in [3.8, 4) is 5.75 Å². The predicted octanol–water partition coefficient (Wildman–Crippen LogP) is 4.81. The van der Waals surface area contributed by atoms with E-state index in [0.29, 0.717) is 11.3 Å². The first-order chi connectivity index (χ1) is 14.9. The van der Waals surface area contributed by atoms with Crippen molar-refractivity contribution in [3.05, 3.63) is 93.6 Å². The summed E-state index contributed by atoms with van der Waals surface area (Å²) in [5.41, 5.74) is 0.560. The average molecular weight is 486 g/mol. The summed E-state index contributed by atoms with van der Waals surface area (Å²) in [7, 11) is 1.33. The molecule has 8 heteroatoms. The van der Waals surface area contributed by atoms with Crippen molar-refractivity contribution in [2.75, 3.05) is 7.11 Å². The van der Waals surface area contributed by atoms with Crippen molar-refractivity contribution in [1.82, 2.24) is 4.90 Å². The molecular formula is C23H17BrFNO5. The zero-order valence-corrected chi connectivity index (χ0v) is 17.9. The Balaban J connectivity index is 1.86. The molecule has 1 fully saturated rings. The molecule has 0 bridgehead atoms. The number of aliphatic hydroxyl groups is 1. The molecule has 6 nitrogen and oxygen atoms in total. The third-order valence-electron chi connectivity index (χ3n) is 5.06. The molecule has 1 saturated heterocycles. The second-order valence-electron chi connectivity index (χ2n) is 6.91. The van der Waals surface area contributed by atoms with Crippen LogP contribution in [0.5, 0.6) is 5.75 Å². The van der Waals surface area contributed by atoms with Crippen molar-refractivity contribution in [1.29, 1.82) is 0 Å². The summed E-state index contributed by atoms with van der Waals surface area (Å²) < 4.78 is 25.3. The number of aliphatic hydroxyl groups excluding tert-OH is 1. The molecule has 1 aromatic heterocycles. The van der Waals surface area contributed by atoms with E-state index in [4.69, 9.17) is 9.15 Å². The number of Topliss-reactive ketones (excluding diaryl/α,β-unsaturated/α-hetero) is 1. The second kappa shape index (κ2) is 8.39. The third-order valence-corrected chi connectivity index (χ3v) is 5.59. The lowest BCUT2D eigenvalue weighted by molar-refractivity contribution is -0.140. The largest absolute Gasteiger partial charge is 0.507 e. The average Bonchev–Trinajstić information content (AvgIpc) is 3.36. The lowest BCUT2D eigenvalue weighted by Gasteiger charge is -2.24. The van der Waals surface area contributed by atoms with Crippen LogP contribution in [0.4, 0.5) is 4.39 Å². The Hall–Kier alpha value is -3.39. The van der Waals surface area contributed by atoms with Gasteiger partial charge in [0, 0.05) is 10.0 Å². The van der Waals surface area contributed by atoms with E-state index in [9.17, 15) is 19.1 Å². The van der Waals surface area contributed by atoms with Gasteiger partial charge in [-0.25, -0.2) is 4.39 Å². The first kappa shape index (κ1) is 20.9. The predicted molar refractivity (Wildman–Crippen MR) is 114 cm³/mol. The van der Waals surface area contributed by atoms with Gasteiger partial charge in [0.05, 0.1) is 31.5 Å². The van der Waals surface area contributed by atoms with Gasteiger partial charge in [-0.2, -0.15) is 0 Å². The van der Waals surface area contributed by atoms with E-state index in [-0.39, 0.29) is 23.4 Å². The van der Waals surface area contributed by atoms with E-state index < -0.39 is 29.3 Å². The van der Waals surface area contributed by atoms with E-state index in [2.05, 4.69) is 15.9 Å². The summed E-state index contributed by atoms with van der Waals surface area (Å²) in [5, 5.41) is 11.0. The van der Waals surface area contributed by atoms with Crippen molar-refractivity contribution >= 4 is 33.4 Å². The first-order valence-electron chi connectivity index (χ1n) is 9.31. The number of carbonyl (C=O) groups is 2. The molecule has 0 spiro atoms. The highest BCUT2D eigenvalue weighted by atomic mass is 79.9. The molecular weight excluding hydrogens is 469 g/mol. The van der Waals surface area contributed by atoms with Gasteiger partial charge in [-0.3, -0.25) is 9.59 Å². The fourth-order valence-corrected chi connectivity index (χ4v) is 3.84. The van der Waals surface area contributed by atoms with Crippen LogP contribution >= 0.6 is 15.9 Å². The number of ether oxygens (including phenoxy) is 1. The van der Waals surface area contributed by atoms with Gasteiger partial charge >= 0.3 is 0 Å². The lowest BCUT2D eigenvalue weighted by Crippen LogP contribution is -2.29. The Morgan fingerprint density at radius 2 is 1.94 bits per heavy atom. The molecule has 1 aliphatic heterocycles. The molecule has 2 heterocycles. The molecule has 0 saturated carbocycles. The molecule has 1 atom stereocenters. The SMILES string of the molecule is COc1ccc(C(O)=C2C(=O)C(=O)N(Cc3ccco3)C2c2ccc(Br)cc2)cc1F. The van der Waals surface area contributed by atoms with Gasteiger partial charge in [-0.05, 0) is 48.0 Å². The molecule has 3 aromatic rings. The second-order valence-corrected chi connectivity index (χ2v) is 7.82. The van der Waals surface area contributed by atoms with Crippen LogP contribution in [-0.2, 0) is 16.1 Å². The van der Waals surface area contributed by atoms with Crippen LogP contribution in [0, 0.1) is 5.82 Å². The maximum Gasteiger partial charge on any atom is 0.296 e. The van der Waals surface area contributed by atoms with Crippen molar-refractivity contribution in [2.45, 2.75) is 12.6 Å². The number of ketones is 1. The summed E-state index contributed by atoms with van der Waals surface area (Å²) >= 11 is 3.37. The lowest BCUT2D eigenvalue weighted by atomic mass is 9.95. The number of amides is 1. The van der Waals surface area contributed by atoms with Crippen molar-refractivity contribution < 1.29 is 28.2 Å². The van der Waals surface area contributed by atoms with Crippen LogP contribution in [0.3, 0.4) is 0 Å². The van der Waals surface area contributed by atoms with Gasteiger partial charge < -0.3 is 19.2 Å². The number of carbonyl (C=O) groups excluding carboxylic acids is 2. The standard InChI is InChI=1S/C23H17BrFNO5/c1-30-18-9-6-14(11-17(18)25)21(27)19-20(13-4-7-15(24)8-5-13)26(23(29)22(19)28)12-16-3-2-10-31-16/h2-11,20,27H,12H2,1H3. The zero-order valence-electron chi connectivity index (χ0n) is 16.3. The highest BCUT2D eigenvalue weighted by Gasteiger charge is 2.46. The minimum absolute atomic E-state index is 0.000666. The Kier molecular flexibility index (Phi) is 5.65. The topological polar surface area (TPSA) is 80.0 Å². The summed E-state index contributed by atoms with van der Waals surface area (Å²) in [6.45, 7) is 0.0338. The third kappa shape index (κ3) is 3.86. The zero-order chi connectivity index (χ0) is 22.1. The van der Waals surface area contributed by atoms with Gasteiger partial charge in [-0.15, -0.1) is 0 Å². The normalized spacial score (nSPS) is 17.9. The summed E-state index contributed by atoms with van der Waals surface area (Å²) in [4.78, 5) is 27.2. The molecule has 1 aliphatic rings. The molecule has 4 rings (SSSR count). The maximum atomic E-state index is 14.2. The molecule has 0 aliphatic carbocycles. The summed E-state index contributed by atoms with van der Waals surface area (Å²) in [5.74, 6) is -2.31. The van der Waals surface area contributed by atoms with Gasteiger partial charge in [0.15, 0.2) is 11.6 Å². The Morgan fingerprint density at radius 3 is 2.55 bits per heavy atom. The van der Waals surface area contributed by atoms with Crippen LogP contribution in [0.15, 0.2) is 75.3 Å². The number of methoxy groups -OCH3 is 1. The molecule has 1 N–H and O–H groups in total. The Morgan fingerprint density at radius 1 is 1.19 bits per heavy atom. The van der Waals surface area contributed by atoms with Crippen LogP contribution in [0.2, 0.25) is 0 Å². The highest BCUT2D eigenvalue weighted by Crippen LogP contribution is 2.41. The van der Waals surface area contributed by atoms with E-state index in [1.807, 2.05) is 0 Å². The number of hydrogen-bond acceptors (Lipinski definition) is 5. The number of furan rings is 1. The van der Waals surface area contributed by atoms with Crippen molar-refractivity contribution in [3.63, 3.8) is 0 Å². The minimum Gasteiger partial charge on any atom is -0.507 e. The van der Waals surface area contributed by atoms with E-state index in [0.717, 1.165) is 10.5 Å². The molecule has 31 heavy (non-hydrogen) atoms. The Labute approximate surface area is 185 Å². The van der Waals surface area contributed by atoms with E-state index in [1.54, 1.807) is 36.4 Å². The smallest absolute Gasteiger partial charge is 0.296 e. The monoisotopic (exact) mass is 485 g/mol. The minimum atomic E-state index is -0.872. The quantitative estimate of drug-likeness (QED) is 0.318. The number of benzene rings is 2. The van der Waals surface area contributed by atoms with Crippen molar-refractivity contribution in [2.24, 2.45) is 0 Å². The van der Waals surface area contributed by atoms with Gasteiger partial charge in [0.2, 0.25) is 0 Å². The molecule has 1 amide bonds. The fraction of sp³-hybridized carbons (Fsp3) is 0.130. The van der Waals surface area contributed by atoms with Crippen LogP contribution in [0.25, 0.3) is 5.76 Å². The number of rotatable bonds is 5. The van der Waals surface area contributed by atoms with Crippen LogP contribution in [-0.4, -0.2) is 28.8 Å². The molecule has 2 aromatic carbocycles. The maximum absolute atomic E-state index is 14.2. The van der Waals surface area contributed by atoms with Gasteiger partial charge in [-0.1, -0.05) is 28.1 Å². The van der Waals surface area contributed by atoms with Gasteiger partial charge in [0.25, 0.3) is 11.7 Å². The molecule has 0 radical (unpaired) electrons. The molecule has 1 unspecified atom stereocenters. The fourth-order valence-electron chi connectivity index (χ4n) is 3.57. The Bertz CT molecular complexity index is 1170. The first-order valence-corrected chi connectivity index (χ1v) is 10.1. The van der Waals surface area contributed by atoms with Crippen LogP contribution < -0.4 is 4.74 Å². The van der Waals surface area contributed by atoms with Crippen LogP contribution in [0.1, 0.15) is 22.9 Å². The van der Waals surface area contributed by atoms with E-state index in [1.165, 1.54) is 30.4 Å². The number of nitrogens with zero attached hydrogens (tertiary/aromatic N) is 1. The summed E-state index contributed by atoms with van der Waals surface area (Å²) in [6, 6.07) is 13.4. The van der Waals surface area contributed by atoms with Gasteiger partial charge in [0.1, 0.15) is 11.5 Å². The number of likely N-dealkylation sites (tertiary alicyclic amines) is 1. The number of hydrogen-bond donors (Lipinski definition) is 1. The molecule has 158 valence electrons.